The third-order valence-corrected chi connectivity index (χ3v) is 6.55. The Morgan fingerprint density at radius 3 is 2.20 bits per heavy atom. The summed E-state index contributed by atoms with van der Waals surface area (Å²) in [6.45, 7) is 8.97. The Hall–Kier alpha value is -0.363. The summed E-state index contributed by atoms with van der Waals surface area (Å²) in [6.07, 6.45) is 8.43. The third kappa shape index (κ3) is 6.39. The van der Waals surface area contributed by atoms with Crippen molar-refractivity contribution in [2.45, 2.75) is 58.9 Å². The van der Waals surface area contributed by atoms with Gasteiger partial charge in [-0.25, -0.2) is 0 Å². The van der Waals surface area contributed by atoms with Crippen LogP contribution in [0.2, 0.25) is 6.04 Å². The zero-order valence-corrected chi connectivity index (χ0v) is 14.4. The normalized spacial score (nSPS) is 16.1. The fraction of sp³-hybridized carbons (Fsp3) is 0.867. The van der Waals surface area contributed by atoms with Crippen molar-refractivity contribution in [2.75, 3.05) is 26.4 Å². The van der Waals surface area contributed by atoms with Crippen LogP contribution in [0.1, 0.15) is 52.9 Å². The van der Waals surface area contributed by atoms with Crippen LogP contribution in [0.15, 0.2) is 11.8 Å². The standard InChI is InChI=1S/C15H31NO3Si/c1-4-17-20(18-5-2,19-6-3)14-10-13-16-15-11-8-7-9-12-15/h11,16H,4-10,12-14H2,1-3H3. The van der Waals surface area contributed by atoms with E-state index in [-0.39, 0.29) is 0 Å². The fourth-order valence-corrected chi connectivity index (χ4v) is 5.17. The van der Waals surface area contributed by atoms with E-state index in [2.05, 4.69) is 11.4 Å². The van der Waals surface area contributed by atoms with Crippen molar-refractivity contribution in [1.29, 1.82) is 0 Å². The Kier molecular flexibility index (Phi) is 9.18. The van der Waals surface area contributed by atoms with Gasteiger partial charge < -0.3 is 18.6 Å². The summed E-state index contributed by atoms with van der Waals surface area (Å²) < 4.78 is 17.6. The molecule has 1 rings (SSSR count). The van der Waals surface area contributed by atoms with Crippen molar-refractivity contribution in [3.63, 3.8) is 0 Å². The van der Waals surface area contributed by atoms with Gasteiger partial charge in [-0.05, 0) is 52.9 Å². The van der Waals surface area contributed by atoms with Crippen molar-refractivity contribution in [2.24, 2.45) is 0 Å². The predicted molar refractivity (Wildman–Crippen MR) is 84.6 cm³/mol. The highest BCUT2D eigenvalue weighted by Crippen LogP contribution is 2.19. The zero-order chi connectivity index (χ0) is 14.7. The molecule has 0 aromatic heterocycles. The molecule has 20 heavy (non-hydrogen) atoms. The number of hydrogen-bond donors (Lipinski definition) is 1. The van der Waals surface area contributed by atoms with E-state index >= 15 is 0 Å². The summed E-state index contributed by atoms with van der Waals surface area (Å²) >= 11 is 0. The summed E-state index contributed by atoms with van der Waals surface area (Å²) in [7, 11) is -2.44. The van der Waals surface area contributed by atoms with Crippen molar-refractivity contribution in [1.82, 2.24) is 5.32 Å². The molecule has 0 spiro atoms. The molecule has 0 atom stereocenters. The molecule has 118 valence electrons. The van der Waals surface area contributed by atoms with Crippen molar-refractivity contribution in [3.8, 4) is 0 Å². The van der Waals surface area contributed by atoms with Crippen LogP contribution >= 0.6 is 0 Å². The Morgan fingerprint density at radius 2 is 1.70 bits per heavy atom. The van der Waals surface area contributed by atoms with Gasteiger partial charge in [0.15, 0.2) is 0 Å². The Balaban J connectivity index is 2.34. The first-order valence-corrected chi connectivity index (χ1v) is 10.0. The molecule has 0 radical (unpaired) electrons. The third-order valence-electron chi connectivity index (χ3n) is 3.40. The topological polar surface area (TPSA) is 39.7 Å². The van der Waals surface area contributed by atoms with E-state index in [1.54, 1.807) is 0 Å². The highest BCUT2D eigenvalue weighted by Gasteiger charge is 2.39. The van der Waals surface area contributed by atoms with Crippen LogP contribution in [0.25, 0.3) is 0 Å². The summed E-state index contributed by atoms with van der Waals surface area (Å²) in [5, 5.41) is 3.54. The summed E-state index contributed by atoms with van der Waals surface area (Å²) in [5.74, 6) is 0. The number of allylic oxidation sites excluding steroid dienone is 2. The molecule has 0 fully saturated rings. The van der Waals surface area contributed by atoms with Crippen molar-refractivity contribution >= 4 is 8.80 Å². The van der Waals surface area contributed by atoms with E-state index in [0.717, 1.165) is 19.0 Å². The maximum absolute atomic E-state index is 5.85. The quantitative estimate of drug-likeness (QED) is 0.468. The minimum Gasteiger partial charge on any atom is -0.389 e. The maximum Gasteiger partial charge on any atom is 0.500 e. The SMILES string of the molecule is CCO[Si](CCCNC1=CCCCC1)(OCC)OCC. The maximum atomic E-state index is 5.85. The largest absolute Gasteiger partial charge is 0.500 e. The molecule has 0 saturated carbocycles. The van der Waals surface area contributed by atoms with Gasteiger partial charge in [-0.15, -0.1) is 0 Å². The first-order chi connectivity index (χ1) is 9.76. The van der Waals surface area contributed by atoms with Gasteiger partial charge in [-0.3, -0.25) is 0 Å². The second kappa shape index (κ2) is 10.4. The van der Waals surface area contributed by atoms with Gasteiger partial charge >= 0.3 is 8.80 Å². The molecule has 1 N–H and O–H groups in total. The molecule has 0 aromatic carbocycles. The van der Waals surface area contributed by atoms with Gasteiger partial charge in [0.25, 0.3) is 0 Å². The molecule has 0 heterocycles. The molecule has 1 aliphatic rings. The first-order valence-electron chi connectivity index (χ1n) is 8.11. The van der Waals surface area contributed by atoms with Crippen LogP contribution in [-0.2, 0) is 13.3 Å². The van der Waals surface area contributed by atoms with Crippen molar-refractivity contribution in [3.05, 3.63) is 11.8 Å². The van der Waals surface area contributed by atoms with Crippen LogP contribution in [0, 0.1) is 0 Å². The van der Waals surface area contributed by atoms with Gasteiger partial charge in [0.1, 0.15) is 0 Å². The lowest BCUT2D eigenvalue weighted by Gasteiger charge is -2.28. The van der Waals surface area contributed by atoms with E-state index in [0.29, 0.717) is 19.8 Å². The molecule has 0 aromatic rings. The molecule has 1 aliphatic carbocycles. The molecular formula is C15H31NO3Si. The Bertz CT molecular complexity index is 267. The Morgan fingerprint density at radius 1 is 1.05 bits per heavy atom. The predicted octanol–water partition coefficient (Wildman–Crippen LogP) is 3.47. The lowest BCUT2D eigenvalue weighted by Crippen LogP contribution is -2.46. The van der Waals surface area contributed by atoms with Crippen LogP contribution < -0.4 is 5.32 Å². The second-order valence-electron chi connectivity index (χ2n) is 4.99. The minimum absolute atomic E-state index is 0.658. The van der Waals surface area contributed by atoms with Gasteiger partial charge in [-0.2, -0.15) is 0 Å². The smallest absolute Gasteiger partial charge is 0.389 e. The molecule has 0 bridgehead atoms. The van der Waals surface area contributed by atoms with Crippen LogP contribution in [0.4, 0.5) is 0 Å². The molecule has 0 aliphatic heterocycles. The van der Waals surface area contributed by atoms with Crippen LogP contribution in [0.3, 0.4) is 0 Å². The first kappa shape index (κ1) is 17.7. The molecule has 0 unspecified atom stereocenters. The summed E-state index contributed by atoms with van der Waals surface area (Å²) in [5.41, 5.74) is 1.41. The number of hydrogen-bond acceptors (Lipinski definition) is 4. The average molecular weight is 302 g/mol. The fourth-order valence-electron chi connectivity index (χ4n) is 2.55. The molecule has 0 amide bonds. The van der Waals surface area contributed by atoms with Gasteiger partial charge in [0.05, 0.1) is 0 Å². The average Bonchev–Trinajstić information content (AvgIpc) is 2.46. The molecule has 4 nitrogen and oxygen atoms in total. The minimum atomic E-state index is -2.44. The van der Waals surface area contributed by atoms with Crippen molar-refractivity contribution < 1.29 is 13.3 Å². The van der Waals surface area contributed by atoms with Crippen LogP contribution in [-0.4, -0.2) is 35.2 Å². The van der Waals surface area contributed by atoms with Gasteiger partial charge in [-0.1, -0.05) is 6.08 Å². The highest BCUT2D eigenvalue weighted by molar-refractivity contribution is 6.60. The van der Waals surface area contributed by atoms with Gasteiger partial charge in [0, 0.05) is 38.1 Å². The second-order valence-corrected chi connectivity index (χ2v) is 7.72. The highest BCUT2D eigenvalue weighted by atomic mass is 28.4. The molecular weight excluding hydrogens is 270 g/mol. The summed E-state index contributed by atoms with van der Waals surface area (Å²) in [6, 6.07) is 0.892. The summed E-state index contributed by atoms with van der Waals surface area (Å²) in [4.78, 5) is 0. The monoisotopic (exact) mass is 301 g/mol. The van der Waals surface area contributed by atoms with E-state index < -0.39 is 8.80 Å². The lowest BCUT2D eigenvalue weighted by atomic mass is 10.1. The number of nitrogens with one attached hydrogen (secondary N) is 1. The zero-order valence-electron chi connectivity index (χ0n) is 13.4. The van der Waals surface area contributed by atoms with Gasteiger partial charge in [0.2, 0.25) is 0 Å². The molecule has 5 heteroatoms. The van der Waals surface area contributed by atoms with E-state index in [1.165, 1.54) is 31.4 Å². The lowest BCUT2D eigenvalue weighted by molar-refractivity contribution is 0.0708. The van der Waals surface area contributed by atoms with E-state index in [9.17, 15) is 0 Å². The van der Waals surface area contributed by atoms with Crippen LogP contribution in [0.5, 0.6) is 0 Å². The number of rotatable bonds is 11. The van der Waals surface area contributed by atoms with E-state index in [1.807, 2.05) is 20.8 Å². The Labute approximate surface area is 125 Å². The van der Waals surface area contributed by atoms with E-state index in [4.69, 9.17) is 13.3 Å². The molecule has 0 saturated heterocycles.